The summed E-state index contributed by atoms with van der Waals surface area (Å²) in [4.78, 5) is 39.9. The Morgan fingerprint density at radius 1 is 1.18 bits per heavy atom. The van der Waals surface area contributed by atoms with E-state index >= 15 is 0 Å². The van der Waals surface area contributed by atoms with Crippen LogP contribution in [0.4, 0.5) is 9.18 Å². The fraction of sp³-hybridized carbons (Fsp3) is 0.292. The summed E-state index contributed by atoms with van der Waals surface area (Å²) in [5.41, 5.74) is 1.40. The van der Waals surface area contributed by atoms with Crippen molar-refractivity contribution in [3.8, 4) is 5.75 Å². The predicted octanol–water partition coefficient (Wildman–Crippen LogP) is 3.30. The number of nitrogens with one attached hydrogen (secondary N) is 1. The van der Waals surface area contributed by atoms with Crippen LogP contribution in [0.15, 0.2) is 53.4 Å². The van der Waals surface area contributed by atoms with Crippen molar-refractivity contribution in [2.75, 3.05) is 39.8 Å². The maximum atomic E-state index is 13.8. The Morgan fingerprint density at radius 2 is 1.91 bits per heavy atom. The molecule has 0 unspecified atom stereocenters. The third kappa shape index (κ3) is 7.16. The van der Waals surface area contributed by atoms with E-state index in [2.05, 4.69) is 5.32 Å². The zero-order valence-corrected chi connectivity index (χ0v) is 19.4. The largest absolute Gasteiger partial charge is 0.492 e. The Hall–Kier alpha value is -3.17. The summed E-state index contributed by atoms with van der Waals surface area (Å²) in [6.07, 6.45) is 1.37. The van der Waals surface area contributed by atoms with Gasteiger partial charge in [-0.1, -0.05) is 35.9 Å². The summed E-state index contributed by atoms with van der Waals surface area (Å²) in [5, 5.41) is 2.27. The average Bonchev–Trinajstić information content (AvgIpc) is 3.04. The summed E-state index contributed by atoms with van der Waals surface area (Å²) in [7, 11) is 1.81. The van der Waals surface area contributed by atoms with Crippen LogP contribution >= 0.6 is 11.8 Å². The van der Waals surface area contributed by atoms with E-state index in [0.717, 1.165) is 28.0 Å². The molecule has 7 nitrogen and oxygen atoms in total. The normalized spacial score (nSPS) is 14.9. The quantitative estimate of drug-likeness (QED) is 0.536. The summed E-state index contributed by atoms with van der Waals surface area (Å²) < 4.78 is 19.5. The minimum atomic E-state index is -0.493. The van der Waals surface area contributed by atoms with Crippen LogP contribution in [0.25, 0.3) is 6.08 Å². The molecule has 1 heterocycles. The third-order valence-electron chi connectivity index (χ3n) is 4.90. The number of nitrogens with zero attached hydrogens (tertiary/aromatic N) is 2. The maximum Gasteiger partial charge on any atom is 0.293 e. The number of likely N-dealkylation sites (N-methyl/N-ethyl adjacent to an activating group) is 1. The Balaban J connectivity index is 1.39. The van der Waals surface area contributed by atoms with Crippen molar-refractivity contribution in [2.24, 2.45) is 0 Å². The lowest BCUT2D eigenvalue weighted by Crippen LogP contribution is -2.41. The number of carbonyl (C=O) groups is 3. The van der Waals surface area contributed by atoms with Gasteiger partial charge in [0.2, 0.25) is 5.91 Å². The molecule has 1 saturated heterocycles. The van der Waals surface area contributed by atoms with Gasteiger partial charge in [-0.2, -0.15) is 0 Å². The van der Waals surface area contributed by atoms with Gasteiger partial charge in [-0.15, -0.1) is 0 Å². The third-order valence-corrected chi connectivity index (χ3v) is 5.81. The van der Waals surface area contributed by atoms with Gasteiger partial charge in [0.05, 0.1) is 11.4 Å². The van der Waals surface area contributed by atoms with Crippen LogP contribution in [0.5, 0.6) is 5.75 Å². The van der Waals surface area contributed by atoms with Gasteiger partial charge in [-0.25, -0.2) is 4.39 Å². The average molecular weight is 472 g/mol. The molecule has 0 spiro atoms. The maximum absolute atomic E-state index is 13.8. The van der Waals surface area contributed by atoms with Gasteiger partial charge in [0.1, 0.15) is 18.2 Å². The molecule has 0 atom stereocenters. The van der Waals surface area contributed by atoms with Crippen molar-refractivity contribution in [2.45, 2.75) is 6.92 Å². The van der Waals surface area contributed by atoms with Gasteiger partial charge in [0, 0.05) is 25.2 Å². The smallest absolute Gasteiger partial charge is 0.293 e. The fourth-order valence-corrected chi connectivity index (χ4v) is 3.92. The second-order valence-electron chi connectivity index (χ2n) is 7.60. The fourth-order valence-electron chi connectivity index (χ4n) is 3.07. The van der Waals surface area contributed by atoms with Gasteiger partial charge in [0.25, 0.3) is 11.1 Å². The molecular formula is C24H26FN3O4S. The first-order valence-corrected chi connectivity index (χ1v) is 11.3. The SMILES string of the molecule is Cc1ccc(OCCN(C)CC(=O)NCCN2C(=O)S/C(=C\c3ccccc3F)C2=O)cc1. The van der Waals surface area contributed by atoms with Crippen LogP contribution in [0.2, 0.25) is 0 Å². The van der Waals surface area contributed by atoms with Crippen LogP contribution < -0.4 is 10.1 Å². The van der Waals surface area contributed by atoms with Gasteiger partial charge in [-0.05, 0) is 50.0 Å². The number of halogens is 1. The Morgan fingerprint density at radius 3 is 2.64 bits per heavy atom. The number of hydrogen-bond acceptors (Lipinski definition) is 6. The molecule has 0 aromatic heterocycles. The Bertz CT molecular complexity index is 1040. The van der Waals surface area contributed by atoms with Crippen molar-refractivity contribution >= 4 is 34.9 Å². The first-order chi connectivity index (χ1) is 15.8. The highest BCUT2D eigenvalue weighted by Crippen LogP contribution is 2.32. The molecule has 9 heteroatoms. The number of thioether (sulfide) groups is 1. The van der Waals surface area contributed by atoms with Gasteiger partial charge in [-0.3, -0.25) is 24.2 Å². The molecule has 0 saturated carbocycles. The lowest BCUT2D eigenvalue weighted by Gasteiger charge is -2.17. The summed E-state index contributed by atoms with van der Waals surface area (Å²) in [6, 6.07) is 13.8. The highest BCUT2D eigenvalue weighted by atomic mass is 32.2. The molecular weight excluding hydrogens is 445 g/mol. The number of imide groups is 1. The number of rotatable bonds is 10. The second-order valence-corrected chi connectivity index (χ2v) is 8.60. The summed E-state index contributed by atoms with van der Waals surface area (Å²) in [6.45, 7) is 3.35. The van der Waals surface area contributed by atoms with Gasteiger partial charge in [0.15, 0.2) is 0 Å². The summed E-state index contributed by atoms with van der Waals surface area (Å²) >= 11 is 0.760. The number of hydrogen-bond donors (Lipinski definition) is 1. The number of ether oxygens (including phenoxy) is 1. The monoisotopic (exact) mass is 471 g/mol. The topological polar surface area (TPSA) is 79.0 Å². The van der Waals surface area contributed by atoms with Crippen molar-refractivity contribution < 1.29 is 23.5 Å². The molecule has 174 valence electrons. The molecule has 33 heavy (non-hydrogen) atoms. The van der Waals surface area contributed by atoms with Crippen LogP contribution in [0, 0.1) is 12.7 Å². The molecule has 2 aromatic carbocycles. The lowest BCUT2D eigenvalue weighted by molar-refractivity contribution is -0.124. The number of benzene rings is 2. The standard InChI is InChI=1S/C24H26FN3O4S/c1-17-7-9-19(10-8-17)32-14-13-27(2)16-22(29)26-11-12-28-23(30)21(33-24(28)31)15-18-5-3-4-6-20(18)25/h3-10,15H,11-14,16H2,1-2H3,(H,26,29)/b21-15-. The van der Waals surface area contributed by atoms with Crippen LogP contribution in [0.1, 0.15) is 11.1 Å². The van der Waals surface area contributed by atoms with Crippen LogP contribution in [-0.4, -0.2) is 66.7 Å². The van der Waals surface area contributed by atoms with E-state index in [1.54, 1.807) is 12.1 Å². The zero-order valence-electron chi connectivity index (χ0n) is 18.5. The van der Waals surface area contributed by atoms with E-state index in [9.17, 15) is 18.8 Å². The molecule has 3 amide bonds. The molecule has 0 aliphatic carbocycles. The van der Waals surface area contributed by atoms with Crippen molar-refractivity contribution in [1.29, 1.82) is 0 Å². The molecule has 0 radical (unpaired) electrons. The molecule has 0 bridgehead atoms. The number of amides is 3. The molecule has 1 aliphatic rings. The number of aryl methyl sites for hydroxylation is 1. The lowest BCUT2D eigenvalue weighted by atomic mass is 10.2. The van der Waals surface area contributed by atoms with Crippen molar-refractivity contribution in [3.63, 3.8) is 0 Å². The molecule has 1 N–H and O–H groups in total. The van der Waals surface area contributed by atoms with E-state index in [0.29, 0.717) is 13.2 Å². The highest BCUT2D eigenvalue weighted by molar-refractivity contribution is 8.18. The molecule has 2 aromatic rings. The number of carbonyl (C=O) groups excluding carboxylic acids is 3. The second kappa shape index (κ2) is 11.6. The highest BCUT2D eigenvalue weighted by Gasteiger charge is 2.34. The van der Waals surface area contributed by atoms with Crippen molar-refractivity contribution in [1.82, 2.24) is 15.1 Å². The van der Waals surface area contributed by atoms with E-state index in [4.69, 9.17) is 4.74 Å². The predicted molar refractivity (Wildman–Crippen MR) is 126 cm³/mol. The molecule has 3 rings (SSSR count). The minimum Gasteiger partial charge on any atom is -0.492 e. The van der Waals surface area contributed by atoms with Gasteiger partial charge >= 0.3 is 0 Å². The van der Waals surface area contributed by atoms with E-state index in [1.807, 2.05) is 43.1 Å². The van der Waals surface area contributed by atoms with E-state index in [1.165, 1.54) is 18.2 Å². The minimum absolute atomic E-state index is 0.0469. The van der Waals surface area contributed by atoms with Crippen molar-refractivity contribution in [3.05, 3.63) is 70.4 Å². The molecule has 1 fully saturated rings. The summed E-state index contributed by atoms with van der Waals surface area (Å²) in [5.74, 6) is -0.404. The van der Waals surface area contributed by atoms with Gasteiger partial charge < -0.3 is 10.1 Å². The first kappa shape index (κ1) is 24.5. The Kier molecular flexibility index (Phi) is 8.62. The molecule has 1 aliphatic heterocycles. The first-order valence-electron chi connectivity index (χ1n) is 10.5. The zero-order chi connectivity index (χ0) is 23.8. The van der Waals surface area contributed by atoms with E-state index < -0.39 is 17.0 Å². The van der Waals surface area contributed by atoms with Crippen LogP contribution in [0.3, 0.4) is 0 Å². The Labute approximate surface area is 196 Å². The van der Waals surface area contributed by atoms with Crippen LogP contribution in [-0.2, 0) is 9.59 Å². The van der Waals surface area contributed by atoms with E-state index in [-0.39, 0.29) is 36.0 Å².